The molecule has 11 nitrogen and oxygen atoms in total. The Morgan fingerprint density at radius 1 is 1.10 bits per heavy atom. The van der Waals surface area contributed by atoms with Crippen molar-refractivity contribution in [1.82, 2.24) is 15.5 Å². The maximum Gasteiger partial charge on any atom is 0.326 e. The lowest BCUT2D eigenvalue weighted by Crippen LogP contribution is -2.56. The molecule has 0 aromatic rings. The summed E-state index contributed by atoms with van der Waals surface area (Å²) in [5, 5.41) is 14.3. The van der Waals surface area contributed by atoms with Crippen molar-refractivity contribution in [2.24, 2.45) is 17.4 Å². The van der Waals surface area contributed by atoms with Gasteiger partial charge in [0, 0.05) is 13.0 Å². The van der Waals surface area contributed by atoms with Crippen LogP contribution < -0.4 is 22.1 Å². The van der Waals surface area contributed by atoms with Crippen LogP contribution in [0.15, 0.2) is 0 Å². The lowest BCUT2D eigenvalue weighted by Gasteiger charge is -2.28. The van der Waals surface area contributed by atoms with Gasteiger partial charge >= 0.3 is 5.97 Å². The van der Waals surface area contributed by atoms with E-state index in [2.05, 4.69) is 10.6 Å². The molecule has 170 valence electrons. The lowest BCUT2D eigenvalue weighted by molar-refractivity contribution is -0.149. The molecule has 7 N–H and O–H groups in total. The standard InChI is InChI=1S/C19H33N5O6/c1-10(2)9-12(20)17(27)22-11(3)16(26)23-13(6-7-15(21)25)18(28)24-8-4-5-14(24)19(29)30/h10-14H,4-9,20H2,1-3H3,(H2,21,25)(H,22,27)(H,23,26)(H,29,30). The van der Waals surface area contributed by atoms with E-state index >= 15 is 0 Å². The second kappa shape index (κ2) is 11.5. The highest BCUT2D eigenvalue weighted by atomic mass is 16.4. The van der Waals surface area contributed by atoms with Gasteiger partial charge in [-0.2, -0.15) is 0 Å². The third-order valence-electron chi connectivity index (χ3n) is 4.93. The molecule has 0 aromatic heterocycles. The van der Waals surface area contributed by atoms with Crippen molar-refractivity contribution >= 4 is 29.6 Å². The van der Waals surface area contributed by atoms with Crippen LogP contribution in [-0.4, -0.2) is 70.3 Å². The second-order valence-corrected chi connectivity index (χ2v) is 8.06. The van der Waals surface area contributed by atoms with Gasteiger partial charge in [-0.3, -0.25) is 19.2 Å². The first-order chi connectivity index (χ1) is 13.9. The Hall–Kier alpha value is -2.69. The number of hydrogen-bond acceptors (Lipinski definition) is 6. The van der Waals surface area contributed by atoms with Gasteiger partial charge in [0.2, 0.25) is 23.6 Å². The normalized spacial score (nSPS) is 19.1. The second-order valence-electron chi connectivity index (χ2n) is 8.06. The van der Waals surface area contributed by atoms with Crippen LogP contribution in [0.1, 0.15) is 52.9 Å². The molecule has 1 rings (SSSR count). The Bertz CT molecular complexity index is 668. The van der Waals surface area contributed by atoms with E-state index in [1.807, 2.05) is 13.8 Å². The van der Waals surface area contributed by atoms with E-state index in [4.69, 9.17) is 11.5 Å². The number of primary amides is 1. The SMILES string of the molecule is CC(C)CC(N)C(=O)NC(C)C(=O)NC(CCC(N)=O)C(=O)N1CCCC1C(=O)O. The molecular weight excluding hydrogens is 394 g/mol. The van der Waals surface area contributed by atoms with Crippen molar-refractivity contribution in [3.05, 3.63) is 0 Å². The van der Waals surface area contributed by atoms with E-state index in [1.165, 1.54) is 11.8 Å². The van der Waals surface area contributed by atoms with Crippen molar-refractivity contribution in [1.29, 1.82) is 0 Å². The predicted molar refractivity (Wildman–Crippen MR) is 108 cm³/mol. The summed E-state index contributed by atoms with van der Waals surface area (Å²) in [4.78, 5) is 61.3. The van der Waals surface area contributed by atoms with Gasteiger partial charge in [0.1, 0.15) is 18.1 Å². The van der Waals surface area contributed by atoms with Gasteiger partial charge in [-0.15, -0.1) is 0 Å². The van der Waals surface area contributed by atoms with Crippen LogP contribution in [0.4, 0.5) is 0 Å². The Morgan fingerprint density at radius 3 is 2.27 bits per heavy atom. The van der Waals surface area contributed by atoms with Crippen molar-refractivity contribution in [3.8, 4) is 0 Å². The topological polar surface area (TPSA) is 185 Å². The highest BCUT2D eigenvalue weighted by Gasteiger charge is 2.38. The van der Waals surface area contributed by atoms with Crippen LogP contribution in [0.25, 0.3) is 0 Å². The van der Waals surface area contributed by atoms with E-state index in [1.54, 1.807) is 0 Å². The fourth-order valence-electron chi connectivity index (χ4n) is 3.33. The van der Waals surface area contributed by atoms with E-state index in [0.717, 1.165) is 0 Å². The number of carbonyl (C=O) groups excluding carboxylic acids is 4. The van der Waals surface area contributed by atoms with E-state index in [0.29, 0.717) is 19.3 Å². The lowest BCUT2D eigenvalue weighted by atomic mass is 10.0. The first kappa shape index (κ1) is 25.3. The zero-order valence-corrected chi connectivity index (χ0v) is 17.7. The molecule has 1 aliphatic rings. The van der Waals surface area contributed by atoms with Crippen molar-refractivity contribution < 1.29 is 29.1 Å². The molecule has 0 aliphatic carbocycles. The molecule has 0 aromatic carbocycles. The molecule has 0 bridgehead atoms. The third kappa shape index (κ3) is 7.62. The number of nitrogens with zero attached hydrogens (tertiary/aromatic N) is 1. The summed E-state index contributed by atoms with van der Waals surface area (Å²) in [6.45, 7) is 5.53. The number of aliphatic carboxylic acids is 1. The molecule has 0 saturated carbocycles. The Kier molecular flexibility index (Phi) is 9.70. The number of carboxylic acid groups (broad SMARTS) is 1. The van der Waals surface area contributed by atoms with Crippen LogP contribution in [0.2, 0.25) is 0 Å². The minimum Gasteiger partial charge on any atom is -0.480 e. The number of nitrogens with two attached hydrogens (primary N) is 2. The van der Waals surface area contributed by atoms with Gasteiger partial charge in [0.05, 0.1) is 6.04 Å². The average molecular weight is 428 g/mol. The average Bonchev–Trinajstić information content (AvgIpc) is 3.13. The first-order valence-electron chi connectivity index (χ1n) is 10.1. The fourth-order valence-corrected chi connectivity index (χ4v) is 3.33. The van der Waals surface area contributed by atoms with Crippen molar-refractivity contribution in [3.63, 3.8) is 0 Å². The summed E-state index contributed by atoms with van der Waals surface area (Å²) in [5.41, 5.74) is 11.0. The third-order valence-corrected chi connectivity index (χ3v) is 4.93. The van der Waals surface area contributed by atoms with Crippen molar-refractivity contribution in [2.45, 2.75) is 77.0 Å². The molecule has 1 saturated heterocycles. The Balaban J connectivity index is 2.82. The monoisotopic (exact) mass is 427 g/mol. The summed E-state index contributed by atoms with van der Waals surface area (Å²) in [6.07, 6.45) is 1.06. The number of rotatable bonds is 11. The molecular formula is C19H33N5O6. The van der Waals surface area contributed by atoms with E-state index in [9.17, 15) is 29.1 Å². The van der Waals surface area contributed by atoms with Crippen LogP contribution in [0.3, 0.4) is 0 Å². The minimum atomic E-state index is -1.13. The van der Waals surface area contributed by atoms with Crippen LogP contribution >= 0.6 is 0 Å². The highest BCUT2D eigenvalue weighted by Crippen LogP contribution is 2.19. The molecule has 1 heterocycles. The number of nitrogens with one attached hydrogen (secondary N) is 2. The van der Waals surface area contributed by atoms with Crippen LogP contribution in [0.5, 0.6) is 0 Å². The first-order valence-corrected chi connectivity index (χ1v) is 10.1. The quantitative estimate of drug-likeness (QED) is 0.271. The number of amides is 4. The Labute approximate surface area is 175 Å². The zero-order valence-electron chi connectivity index (χ0n) is 17.7. The molecule has 1 fully saturated rings. The van der Waals surface area contributed by atoms with E-state index in [-0.39, 0.29) is 25.3 Å². The molecule has 4 amide bonds. The van der Waals surface area contributed by atoms with Gasteiger partial charge in [0.25, 0.3) is 0 Å². The predicted octanol–water partition coefficient (Wildman–Crippen LogP) is -1.31. The smallest absolute Gasteiger partial charge is 0.326 e. The van der Waals surface area contributed by atoms with Crippen LogP contribution in [-0.2, 0) is 24.0 Å². The molecule has 0 radical (unpaired) electrons. The maximum atomic E-state index is 12.9. The largest absolute Gasteiger partial charge is 0.480 e. The van der Waals surface area contributed by atoms with Crippen LogP contribution in [0, 0.1) is 5.92 Å². The maximum absolute atomic E-state index is 12.9. The van der Waals surface area contributed by atoms with Crippen molar-refractivity contribution in [2.75, 3.05) is 6.54 Å². The summed E-state index contributed by atoms with van der Waals surface area (Å²) in [7, 11) is 0. The number of carbonyl (C=O) groups is 5. The minimum absolute atomic E-state index is 0.0731. The highest BCUT2D eigenvalue weighted by molar-refractivity contribution is 5.94. The van der Waals surface area contributed by atoms with Gasteiger partial charge in [0.15, 0.2) is 0 Å². The van der Waals surface area contributed by atoms with Gasteiger partial charge < -0.3 is 32.1 Å². The summed E-state index contributed by atoms with van der Waals surface area (Å²) in [5.74, 6) is -3.30. The van der Waals surface area contributed by atoms with Gasteiger partial charge in [-0.05, 0) is 38.5 Å². The molecule has 30 heavy (non-hydrogen) atoms. The number of hydrogen-bond donors (Lipinski definition) is 5. The van der Waals surface area contributed by atoms with Gasteiger partial charge in [-0.1, -0.05) is 13.8 Å². The Morgan fingerprint density at radius 2 is 1.73 bits per heavy atom. The summed E-state index contributed by atoms with van der Waals surface area (Å²) < 4.78 is 0. The molecule has 4 unspecified atom stereocenters. The zero-order chi connectivity index (χ0) is 23.0. The molecule has 0 spiro atoms. The molecule has 1 aliphatic heterocycles. The summed E-state index contributed by atoms with van der Waals surface area (Å²) >= 11 is 0. The number of likely N-dealkylation sites (tertiary alicyclic amines) is 1. The van der Waals surface area contributed by atoms with E-state index < -0.39 is 53.8 Å². The fraction of sp³-hybridized carbons (Fsp3) is 0.737. The summed E-state index contributed by atoms with van der Waals surface area (Å²) in [6, 6.07) is -3.85. The molecule has 11 heteroatoms. The van der Waals surface area contributed by atoms with Gasteiger partial charge in [-0.25, -0.2) is 4.79 Å². The molecule has 4 atom stereocenters. The number of carboxylic acids is 1.